The SMILES string of the molecule is NCCCNCCCCNCCCNC(=O)c1cc(N)ccc1[N+](=O)[O-]. The van der Waals surface area contributed by atoms with Crippen molar-refractivity contribution in [3.8, 4) is 0 Å². The third-order valence-electron chi connectivity index (χ3n) is 3.79. The van der Waals surface area contributed by atoms with Gasteiger partial charge in [-0.15, -0.1) is 0 Å². The summed E-state index contributed by atoms with van der Waals surface area (Å²) in [5, 5.41) is 20.3. The van der Waals surface area contributed by atoms with Crippen molar-refractivity contribution in [2.24, 2.45) is 5.73 Å². The number of unbranched alkanes of at least 4 members (excludes halogenated alkanes) is 1. The van der Waals surface area contributed by atoms with Crippen LogP contribution in [0, 0.1) is 10.1 Å². The molecule has 0 aliphatic heterocycles. The Morgan fingerprint density at radius 2 is 1.62 bits per heavy atom. The highest BCUT2D eigenvalue weighted by atomic mass is 16.6. The molecule has 1 aromatic carbocycles. The molecule has 26 heavy (non-hydrogen) atoms. The summed E-state index contributed by atoms with van der Waals surface area (Å²) in [4.78, 5) is 22.5. The minimum atomic E-state index is -0.583. The van der Waals surface area contributed by atoms with Gasteiger partial charge in [0.25, 0.3) is 11.6 Å². The lowest BCUT2D eigenvalue weighted by Gasteiger charge is -2.08. The summed E-state index contributed by atoms with van der Waals surface area (Å²) in [5.41, 5.74) is 11.1. The fourth-order valence-corrected chi connectivity index (χ4v) is 2.38. The van der Waals surface area contributed by atoms with Crippen molar-refractivity contribution in [1.29, 1.82) is 0 Å². The van der Waals surface area contributed by atoms with E-state index in [1.807, 2.05) is 0 Å². The van der Waals surface area contributed by atoms with Gasteiger partial charge in [0.15, 0.2) is 0 Å². The minimum Gasteiger partial charge on any atom is -0.399 e. The van der Waals surface area contributed by atoms with Crippen molar-refractivity contribution >= 4 is 17.3 Å². The molecule has 0 unspecified atom stereocenters. The molecule has 0 fully saturated rings. The number of hydrogen-bond donors (Lipinski definition) is 5. The van der Waals surface area contributed by atoms with E-state index in [1.54, 1.807) is 0 Å². The van der Waals surface area contributed by atoms with Crippen molar-refractivity contribution in [1.82, 2.24) is 16.0 Å². The first kappa shape index (κ1) is 21.8. The molecule has 1 amide bonds. The van der Waals surface area contributed by atoms with E-state index >= 15 is 0 Å². The third kappa shape index (κ3) is 8.75. The average molecular weight is 366 g/mol. The molecule has 0 saturated heterocycles. The Labute approximate surface area is 154 Å². The summed E-state index contributed by atoms with van der Waals surface area (Å²) in [6, 6.07) is 3.98. The summed E-state index contributed by atoms with van der Waals surface area (Å²) in [6.07, 6.45) is 3.93. The third-order valence-corrected chi connectivity index (χ3v) is 3.79. The Hall–Kier alpha value is -2.23. The van der Waals surface area contributed by atoms with Gasteiger partial charge in [-0.2, -0.15) is 0 Å². The molecule has 0 spiro atoms. The van der Waals surface area contributed by atoms with E-state index in [4.69, 9.17) is 11.5 Å². The second-order valence-corrected chi connectivity index (χ2v) is 5.99. The molecule has 0 aliphatic carbocycles. The van der Waals surface area contributed by atoms with Crippen molar-refractivity contribution in [3.05, 3.63) is 33.9 Å². The van der Waals surface area contributed by atoms with Gasteiger partial charge in [0.05, 0.1) is 4.92 Å². The van der Waals surface area contributed by atoms with E-state index < -0.39 is 10.8 Å². The zero-order valence-corrected chi connectivity index (χ0v) is 15.1. The van der Waals surface area contributed by atoms with Gasteiger partial charge in [0.1, 0.15) is 5.56 Å². The Kier molecular flexibility index (Phi) is 10.9. The molecule has 0 saturated carbocycles. The Morgan fingerprint density at radius 1 is 1.00 bits per heavy atom. The molecule has 9 nitrogen and oxygen atoms in total. The number of nitrogens with one attached hydrogen (secondary N) is 3. The molecule has 1 rings (SSSR count). The Balaban J connectivity index is 2.12. The number of nitro benzene ring substituents is 1. The molecule has 9 heteroatoms. The summed E-state index contributed by atoms with van der Waals surface area (Å²) in [6.45, 7) is 4.83. The molecule has 7 N–H and O–H groups in total. The van der Waals surface area contributed by atoms with Crippen LogP contribution >= 0.6 is 0 Å². The number of nitro groups is 1. The zero-order chi connectivity index (χ0) is 19.2. The predicted molar refractivity (Wildman–Crippen MR) is 103 cm³/mol. The average Bonchev–Trinajstić information content (AvgIpc) is 2.62. The fraction of sp³-hybridized carbons (Fsp3) is 0.588. The molecule has 0 bridgehead atoms. The van der Waals surface area contributed by atoms with Crippen molar-refractivity contribution in [3.63, 3.8) is 0 Å². The molecule has 0 atom stereocenters. The Morgan fingerprint density at radius 3 is 2.23 bits per heavy atom. The molecule has 0 aromatic heterocycles. The van der Waals surface area contributed by atoms with Gasteiger partial charge >= 0.3 is 0 Å². The van der Waals surface area contributed by atoms with Crippen molar-refractivity contribution in [2.45, 2.75) is 25.7 Å². The summed E-state index contributed by atoms with van der Waals surface area (Å²) in [5.74, 6) is -0.479. The van der Waals surface area contributed by atoms with E-state index in [-0.39, 0.29) is 11.3 Å². The summed E-state index contributed by atoms with van der Waals surface area (Å²) < 4.78 is 0. The first-order valence-corrected chi connectivity index (χ1v) is 9.00. The minimum absolute atomic E-state index is 0.00917. The number of anilines is 1. The first-order chi connectivity index (χ1) is 12.6. The quantitative estimate of drug-likeness (QED) is 0.140. The van der Waals surface area contributed by atoms with Crippen LogP contribution in [0.2, 0.25) is 0 Å². The van der Waals surface area contributed by atoms with E-state index in [0.717, 1.165) is 58.4 Å². The number of benzene rings is 1. The smallest absolute Gasteiger partial charge is 0.282 e. The monoisotopic (exact) mass is 366 g/mol. The number of carbonyl (C=O) groups is 1. The van der Waals surface area contributed by atoms with Gasteiger partial charge in [0, 0.05) is 18.3 Å². The highest BCUT2D eigenvalue weighted by molar-refractivity contribution is 5.99. The van der Waals surface area contributed by atoms with Crippen LogP contribution in [0.25, 0.3) is 0 Å². The summed E-state index contributed by atoms with van der Waals surface area (Å²) >= 11 is 0. The van der Waals surface area contributed by atoms with Crippen molar-refractivity contribution < 1.29 is 9.72 Å². The number of amides is 1. The van der Waals surface area contributed by atoms with E-state index in [9.17, 15) is 14.9 Å². The highest BCUT2D eigenvalue weighted by Gasteiger charge is 2.19. The predicted octanol–water partition coefficient (Wildman–Crippen LogP) is 0.605. The van der Waals surface area contributed by atoms with Gasteiger partial charge in [-0.1, -0.05) is 0 Å². The maximum atomic E-state index is 12.1. The van der Waals surface area contributed by atoms with E-state index in [1.165, 1.54) is 18.2 Å². The highest BCUT2D eigenvalue weighted by Crippen LogP contribution is 2.20. The second kappa shape index (κ2) is 13.0. The molecular weight excluding hydrogens is 336 g/mol. The largest absolute Gasteiger partial charge is 0.399 e. The molecular formula is C17H30N6O3. The molecule has 0 aliphatic rings. The van der Waals surface area contributed by atoms with Crippen LogP contribution in [0.4, 0.5) is 11.4 Å². The maximum absolute atomic E-state index is 12.1. The second-order valence-electron chi connectivity index (χ2n) is 5.99. The number of nitrogens with two attached hydrogens (primary N) is 2. The van der Waals surface area contributed by atoms with Gasteiger partial charge in [-0.05, 0) is 70.5 Å². The number of rotatable bonds is 14. The van der Waals surface area contributed by atoms with E-state index in [0.29, 0.717) is 12.2 Å². The van der Waals surface area contributed by atoms with Crippen LogP contribution in [-0.4, -0.2) is 50.1 Å². The number of hydrogen-bond acceptors (Lipinski definition) is 7. The normalized spacial score (nSPS) is 10.7. The van der Waals surface area contributed by atoms with Gasteiger partial charge in [-0.25, -0.2) is 0 Å². The lowest BCUT2D eigenvalue weighted by atomic mass is 10.1. The molecule has 0 radical (unpaired) electrons. The van der Waals surface area contributed by atoms with Crippen LogP contribution in [0.15, 0.2) is 18.2 Å². The van der Waals surface area contributed by atoms with E-state index in [2.05, 4.69) is 16.0 Å². The number of nitrogens with zero attached hydrogens (tertiary/aromatic N) is 1. The van der Waals surface area contributed by atoms with Gasteiger partial charge in [0.2, 0.25) is 0 Å². The van der Waals surface area contributed by atoms with Crippen LogP contribution in [-0.2, 0) is 0 Å². The molecule has 0 heterocycles. The molecule has 146 valence electrons. The fourth-order valence-electron chi connectivity index (χ4n) is 2.38. The standard InChI is InChI=1S/C17H30N6O3/c18-7-3-10-20-8-1-2-9-21-11-4-12-22-17(24)15-13-14(19)5-6-16(15)23(25)26/h5-6,13,20-21H,1-4,7-12,18-19H2,(H,22,24). The molecule has 1 aromatic rings. The van der Waals surface area contributed by atoms with Crippen LogP contribution < -0.4 is 27.4 Å². The lowest BCUT2D eigenvalue weighted by Crippen LogP contribution is -2.28. The zero-order valence-electron chi connectivity index (χ0n) is 15.1. The lowest BCUT2D eigenvalue weighted by molar-refractivity contribution is -0.385. The van der Waals surface area contributed by atoms with Crippen molar-refractivity contribution in [2.75, 3.05) is 45.0 Å². The van der Waals surface area contributed by atoms with Gasteiger partial charge < -0.3 is 27.4 Å². The first-order valence-electron chi connectivity index (χ1n) is 9.00. The van der Waals surface area contributed by atoms with Crippen LogP contribution in [0.5, 0.6) is 0 Å². The van der Waals surface area contributed by atoms with Crippen LogP contribution in [0.1, 0.15) is 36.0 Å². The Bertz CT molecular complexity index is 567. The van der Waals surface area contributed by atoms with Gasteiger partial charge in [-0.3, -0.25) is 14.9 Å². The van der Waals surface area contributed by atoms with Crippen LogP contribution in [0.3, 0.4) is 0 Å². The summed E-state index contributed by atoms with van der Waals surface area (Å²) in [7, 11) is 0. The number of nitrogen functional groups attached to an aromatic ring is 1. The number of carbonyl (C=O) groups excluding carboxylic acids is 1. The topological polar surface area (TPSA) is 148 Å². The maximum Gasteiger partial charge on any atom is 0.282 e.